The lowest BCUT2D eigenvalue weighted by atomic mass is 9.97. The summed E-state index contributed by atoms with van der Waals surface area (Å²) in [5.74, 6) is -0.660. The van der Waals surface area contributed by atoms with Gasteiger partial charge in [-0.15, -0.1) is 11.8 Å². The molecule has 0 aromatic heterocycles. The molecule has 2 N–H and O–H groups in total. The number of ether oxygens (including phenoxy) is 1. The average Bonchev–Trinajstić information content (AvgIpc) is 2.67. The van der Waals surface area contributed by atoms with Crippen LogP contribution in [0.3, 0.4) is 0 Å². The molecule has 0 unspecified atom stereocenters. The summed E-state index contributed by atoms with van der Waals surface area (Å²) < 4.78 is 5.07. The number of amides is 2. The van der Waals surface area contributed by atoms with Crippen LogP contribution in [-0.2, 0) is 14.3 Å². The van der Waals surface area contributed by atoms with Crippen LogP contribution in [0.2, 0.25) is 0 Å². The first-order valence-corrected chi connectivity index (χ1v) is 11.0. The SMILES string of the molecule is CCNC(=O)COC(=O)c1ccccc1SCC(=O)NC1CCCCCCC1. The smallest absolute Gasteiger partial charge is 0.339 e. The van der Waals surface area contributed by atoms with Gasteiger partial charge in [-0.05, 0) is 31.9 Å². The van der Waals surface area contributed by atoms with Gasteiger partial charge in [0.25, 0.3) is 5.91 Å². The third kappa shape index (κ3) is 7.92. The number of carbonyl (C=O) groups is 3. The second-order valence-electron chi connectivity index (χ2n) is 6.92. The minimum Gasteiger partial charge on any atom is -0.452 e. The Morgan fingerprint density at radius 3 is 2.43 bits per heavy atom. The zero-order valence-corrected chi connectivity index (χ0v) is 17.3. The van der Waals surface area contributed by atoms with E-state index < -0.39 is 5.97 Å². The van der Waals surface area contributed by atoms with Gasteiger partial charge < -0.3 is 15.4 Å². The molecule has 0 radical (unpaired) electrons. The lowest BCUT2D eigenvalue weighted by molar-refractivity contribution is -0.124. The molecular formula is C21H30N2O4S. The largest absolute Gasteiger partial charge is 0.452 e. The Morgan fingerprint density at radius 2 is 1.71 bits per heavy atom. The van der Waals surface area contributed by atoms with Gasteiger partial charge in [-0.25, -0.2) is 4.79 Å². The summed E-state index contributed by atoms with van der Waals surface area (Å²) in [7, 11) is 0. The van der Waals surface area contributed by atoms with Gasteiger partial charge in [0, 0.05) is 17.5 Å². The molecule has 1 aliphatic carbocycles. The molecule has 6 nitrogen and oxygen atoms in total. The quantitative estimate of drug-likeness (QED) is 0.511. The molecule has 7 heteroatoms. The summed E-state index contributed by atoms with van der Waals surface area (Å²) in [6.07, 6.45) is 8.19. The molecule has 0 bridgehead atoms. The molecule has 2 amide bonds. The van der Waals surface area contributed by atoms with Gasteiger partial charge in [-0.3, -0.25) is 9.59 Å². The van der Waals surface area contributed by atoms with Crippen molar-refractivity contribution in [3.63, 3.8) is 0 Å². The zero-order valence-electron chi connectivity index (χ0n) is 16.5. The second kappa shape index (κ2) is 12.4. The van der Waals surface area contributed by atoms with Crippen LogP contribution in [0.15, 0.2) is 29.2 Å². The van der Waals surface area contributed by atoms with Gasteiger partial charge in [0.15, 0.2) is 6.61 Å². The molecule has 0 atom stereocenters. The Labute approximate surface area is 171 Å². The summed E-state index contributed by atoms with van der Waals surface area (Å²) in [4.78, 5) is 36.8. The van der Waals surface area contributed by atoms with E-state index in [2.05, 4.69) is 10.6 Å². The van der Waals surface area contributed by atoms with E-state index in [0.717, 1.165) is 12.8 Å². The fourth-order valence-corrected chi connectivity index (χ4v) is 4.08. The van der Waals surface area contributed by atoms with Crippen LogP contribution in [-0.4, -0.2) is 42.7 Å². The van der Waals surface area contributed by atoms with Crippen molar-refractivity contribution in [1.29, 1.82) is 0 Å². The van der Waals surface area contributed by atoms with E-state index in [-0.39, 0.29) is 30.2 Å². The average molecular weight is 407 g/mol. The third-order valence-electron chi connectivity index (χ3n) is 4.64. The van der Waals surface area contributed by atoms with Crippen LogP contribution < -0.4 is 10.6 Å². The number of rotatable bonds is 8. The van der Waals surface area contributed by atoms with Crippen molar-refractivity contribution in [2.75, 3.05) is 18.9 Å². The van der Waals surface area contributed by atoms with E-state index >= 15 is 0 Å². The van der Waals surface area contributed by atoms with Crippen LogP contribution in [0.4, 0.5) is 0 Å². The van der Waals surface area contributed by atoms with E-state index in [1.54, 1.807) is 25.1 Å². The molecule has 1 saturated carbocycles. The van der Waals surface area contributed by atoms with Crippen LogP contribution in [0.25, 0.3) is 0 Å². The predicted octanol–water partition coefficient (Wildman–Crippen LogP) is 3.30. The second-order valence-corrected chi connectivity index (χ2v) is 7.94. The Kier molecular flexibility index (Phi) is 9.90. The Bertz CT molecular complexity index is 658. The molecule has 1 fully saturated rings. The maximum absolute atomic E-state index is 12.3. The number of benzene rings is 1. The molecule has 1 aromatic rings. The van der Waals surface area contributed by atoms with E-state index in [1.807, 2.05) is 6.07 Å². The van der Waals surface area contributed by atoms with Crippen LogP contribution in [0, 0.1) is 0 Å². The zero-order chi connectivity index (χ0) is 20.2. The lowest BCUT2D eigenvalue weighted by Crippen LogP contribution is -2.36. The number of hydrogen-bond donors (Lipinski definition) is 2. The molecule has 2 rings (SSSR count). The molecule has 1 aromatic carbocycles. The summed E-state index contributed by atoms with van der Waals surface area (Å²) in [6.45, 7) is 1.97. The molecule has 0 heterocycles. The summed E-state index contributed by atoms with van der Waals surface area (Å²) in [5.41, 5.74) is 0.371. The minimum absolute atomic E-state index is 0.0129. The van der Waals surface area contributed by atoms with Gasteiger partial charge >= 0.3 is 5.97 Å². The van der Waals surface area contributed by atoms with Crippen molar-refractivity contribution >= 4 is 29.5 Å². The first kappa shape index (κ1) is 22.3. The molecule has 28 heavy (non-hydrogen) atoms. The number of hydrogen-bond acceptors (Lipinski definition) is 5. The predicted molar refractivity (Wildman–Crippen MR) is 110 cm³/mol. The van der Waals surface area contributed by atoms with Crippen LogP contribution >= 0.6 is 11.8 Å². The third-order valence-corrected chi connectivity index (χ3v) is 5.72. The van der Waals surface area contributed by atoms with Gasteiger partial charge in [0.2, 0.25) is 5.91 Å². The summed E-state index contributed by atoms with van der Waals surface area (Å²) in [5, 5.41) is 5.71. The van der Waals surface area contributed by atoms with E-state index in [0.29, 0.717) is 17.0 Å². The highest BCUT2D eigenvalue weighted by Crippen LogP contribution is 2.24. The highest BCUT2D eigenvalue weighted by atomic mass is 32.2. The molecule has 1 aliphatic rings. The molecular weight excluding hydrogens is 376 g/mol. The maximum Gasteiger partial charge on any atom is 0.339 e. The number of nitrogens with one attached hydrogen (secondary N) is 2. The monoisotopic (exact) mass is 406 g/mol. The number of carbonyl (C=O) groups excluding carboxylic acids is 3. The fourth-order valence-electron chi connectivity index (χ4n) is 3.23. The highest BCUT2D eigenvalue weighted by molar-refractivity contribution is 8.00. The minimum atomic E-state index is -0.560. The van der Waals surface area contributed by atoms with Gasteiger partial charge in [0.1, 0.15) is 0 Å². The standard InChI is InChI=1S/C21H30N2O4S/c1-2-22-19(24)14-27-21(26)17-12-8-9-13-18(17)28-15-20(25)23-16-10-6-4-3-5-7-11-16/h8-9,12-13,16H,2-7,10-11,14-15H2,1H3,(H,22,24)(H,23,25). The highest BCUT2D eigenvalue weighted by Gasteiger charge is 2.17. The van der Waals surface area contributed by atoms with E-state index in [9.17, 15) is 14.4 Å². The first-order valence-electron chi connectivity index (χ1n) is 10.0. The summed E-state index contributed by atoms with van der Waals surface area (Å²) >= 11 is 1.31. The van der Waals surface area contributed by atoms with E-state index in [1.165, 1.54) is 43.9 Å². The van der Waals surface area contributed by atoms with Crippen molar-refractivity contribution in [3.05, 3.63) is 29.8 Å². The molecule has 0 saturated heterocycles. The maximum atomic E-state index is 12.3. The molecule has 0 aliphatic heterocycles. The number of esters is 1. The van der Waals surface area contributed by atoms with Crippen LogP contribution in [0.5, 0.6) is 0 Å². The van der Waals surface area contributed by atoms with Crippen molar-refractivity contribution in [3.8, 4) is 0 Å². The lowest BCUT2D eigenvalue weighted by Gasteiger charge is -2.21. The van der Waals surface area contributed by atoms with Gasteiger partial charge in [-0.1, -0.05) is 44.2 Å². The Hall–Kier alpha value is -2.02. The molecule has 154 valence electrons. The topological polar surface area (TPSA) is 84.5 Å². The fraction of sp³-hybridized carbons (Fsp3) is 0.571. The Morgan fingerprint density at radius 1 is 1.04 bits per heavy atom. The molecule has 0 spiro atoms. The number of thioether (sulfide) groups is 1. The Balaban J connectivity index is 1.85. The number of likely N-dealkylation sites (N-methyl/N-ethyl adjacent to an activating group) is 1. The normalized spacial score (nSPS) is 15.2. The van der Waals surface area contributed by atoms with Crippen molar-refractivity contribution in [2.45, 2.75) is 62.8 Å². The summed E-state index contributed by atoms with van der Waals surface area (Å²) in [6, 6.07) is 7.24. The van der Waals surface area contributed by atoms with Crippen LogP contribution in [0.1, 0.15) is 62.2 Å². The van der Waals surface area contributed by atoms with Crippen molar-refractivity contribution < 1.29 is 19.1 Å². The van der Waals surface area contributed by atoms with E-state index in [4.69, 9.17) is 4.74 Å². The van der Waals surface area contributed by atoms with Crippen molar-refractivity contribution in [2.24, 2.45) is 0 Å². The van der Waals surface area contributed by atoms with Gasteiger partial charge in [0.05, 0.1) is 11.3 Å². The van der Waals surface area contributed by atoms with Gasteiger partial charge in [-0.2, -0.15) is 0 Å². The van der Waals surface area contributed by atoms with Crippen molar-refractivity contribution in [1.82, 2.24) is 10.6 Å². The first-order chi connectivity index (χ1) is 13.6.